The van der Waals surface area contributed by atoms with E-state index in [1.807, 2.05) is 13.8 Å². The van der Waals surface area contributed by atoms with E-state index in [2.05, 4.69) is 15.5 Å². The molecule has 0 aliphatic carbocycles. The fourth-order valence-electron chi connectivity index (χ4n) is 3.07. The molecule has 0 spiro atoms. The number of amides is 2. The Morgan fingerprint density at radius 1 is 1.24 bits per heavy atom. The van der Waals surface area contributed by atoms with Crippen molar-refractivity contribution in [2.75, 3.05) is 26.2 Å². The summed E-state index contributed by atoms with van der Waals surface area (Å²) in [6, 6.07) is 5.99. The SMILES string of the molecule is CCCNC(=O)C1CCN(CC(=O)NC(C)c2ccc(F)cc2)CC1. The molecule has 1 aliphatic heterocycles. The van der Waals surface area contributed by atoms with Crippen LogP contribution in [0.25, 0.3) is 0 Å². The Bertz CT molecular complexity index is 569. The number of carbonyl (C=O) groups is 2. The fraction of sp³-hybridized carbons (Fsp3) is 0.579. The number of hydrogen-bond donors (Lipinski definition) is 2. The van der Waals surface area contributed by atoms with Gasteiger partial charge in [0.2, 0.25) is 11.8 Å². The van der Waals surface area contributed by atoms with Gasteiger partial charge >= 0.3 is 0 Å². The molecular weight excluding hydrogens is 321 g/mol. The second-order valence-electron chi connectivity index (χ2n) is 6.68. The van der Waals surface area contributed by atoms with Crippen LogP contribution in [-0.2, 0) is 9.59 Å². The maximum atomic E-state index is 13.0. The summed E-state index contributed by atoms with van der Waals surface area (Å²) in [5.41, 5.74) is 0.876. The Morgan fingerprint density at radius 3 is 2.48 bits per heavy atom. The van der Waals surface area contributed by atoms with Gasteiger partial charge in [-0.05, 0) is 57.0 Å². The largest absolute Gasteiger partial charge is 0.356 e. The third kappa shape index (κ3) is 6.12. The van der Waals surface area contributed by atoms with Crippen molar-refractivity contribution in [3.8, 4) is 0 Å². The standard InChI is InChI=1S/C19H28FN3O2/c1-3-10-21-19(25)16-8-11-23(12-9-16)13-18(24)22-14(2)15-4-6-17(20)7-5-15/h4-7,14,16H,3,8-13H2,1-2H3,(H,21,25)(H,22,24). The van der Waals surface area contributed by atoms with Crippen molar-refractivity contribution < 1.29 is 14.0 Å². The molecule has 2 rings (SSSR count). The van der Waals surface area contributed by atoms with Crippen LogP contribution >= 0.6 is 0 Å². The maximum Gasteiger partial charge on any atom is 0.234 e. The maximum absolute atomic E-state index is 13.0. The van der Waals surface area contributed by atoms with Crippen LogP contribution < -0.4 is 10.6 Å². The molecule has 1 aliphatic rings. The van der Waals surface area contributed by atoms with E-state index in [4.69, 9.17) is 0 Å². The van der Waals surface area contributed by atoms with Crippen molar-refractivity contribution >= 4 is 11.8 Å². The zero-order valence-electron chi connectivity index (χ0n) is 15.1. The highest BCUT2D eigenvalue weighted by atomic mass is 19.1. The normalized spacial score (nSPS) is 17.1. The topological polar surface area (TPSA) is 61.4 Å². The van der Waals surface area contributed by atoms with E-state index in [1.54, 1.807) is 12.1 Å². The molecule has 138 valence electrons. The van der Waals surface area contributed by atoms with Gasteiger partial charge in [0.25, 0.3) is 0 Å². The molecule has 1 aromatic carbocycles. The lowest BCUT2D eigenvalue weighted by atomic mass is 9.96. The summed E-state index contributed by atoms with van der Waals surface area (Å²) >= 11 is 0. The van der Waals surface area contributed by atoms with E-state index in [0.717, 1.165) is 44.5 Å². The van der Waals surface area contributed by atoms with E-state index < -0.39 is 0 Å². The van der Waals surface area contributed by atoms with Crippen LogP contribution in [0.4, 0.5) is 4.39 Å². The van der Waals surface area contributed by atoms with Crippen molar-refractivity contribution in [2.45, 2.75) is 39.2 Å². The summed E-state index contributed by atoms with van der Waals surface area (Å²) in [5.74, 6) is -0.140. The number of nitrogens with zero attached hydrogens (tertiary/aromatic N) is 1. The highest BCUT2D eigenvalue weighted by molar-refractivity contribution is 5.79. The Morgan fingerprint density at radius 2 is 1.88 bits per heavy atom. The number of hydrogen-bond acceptors (Lipinski definition) is 3. The van der Waals surface area contributed by atoms with Gasteiger partial charge in [0.1, 0.15) is 5.82 Å². The Kier molecular flexibility index (Phi) is 7.37. The minimum absolute atomic E-state index is 0.0503. The average molecular weight is 349 g/mol. The molecule has 1 atom stereocenters. The fourth-order valence-corrected chi connectivity index (χ4v) is 3.07. The lowest BCUT2D eigenvalue weighted by Crippen LogP contribution is -2.44. The van der Waals surface area contributed by atoms with Gasteiger partial charge in [0, 0.05) is 12.5 Å². The quantitative estimate of drug-likeness (QED) is 0.794. The van der Waals surface area contributed by atoms with Gasteiger partial charge in [-0.1, -0.05) is 19.1 Å². The molecule has 0 aromatic heterocycles. The predicted molar refractivity (Wildman–Crippen MR) is 95.4 cm³/mol. The minimum Gasteiger partial charge on any atom is -0.356 e. The Labute approximate surface area is 149 Å². The van der Waals surface area contributed by atoms with Crippen LogP contribution in [0.5, 0.6) is 0 Å². The van der Waals surface area contributed by atoms with Gasteiger partial charge in [-0.2, -0.15) is 0 Å². The highest BCUT2D eigenvalue weighted by Gasteiger charge is 2.25. The number of rotatable bonds is 7. The Balaban J connectivity index is 1.73. The lowest BCUT2D eigenvalue weighted by molar-refractivity contribution is -0.126. The molecular formula is C19H28FN3O2. The second kappa shape index (κ2) is 9.51. The summed E-state index contributed by atoms with van der Waals surface area (Å²) in [4.78, 5) is 26.3. The summed E-state index contributed by atoms with van der Waals surface area (Å²) in [6.07, 6.45) is 2.52. The predicted octanol–water partition coefficient (Wildman–Crippen LogP) is 2.24. The summed E-state index contributed by atoms with van der Waals surface area (Å²) in [7, 11) is 0. The van der Waals surface area contributed by atoms with E-state index in [0.29, 0.717) is 6.54 Å². The van der Waals surface area contributed by atoms with E-state index in [-0.39, 0.29) is 29.6 Å². The van der Waals surface area contributed by atoms with E-state index in [1.165, 1.54) is 12.1 Å². The molecule has 1 unspecified atom stereocenters. The number of nitrogens with one attached hydrogen (secondary N) is 2. The number of carbonyl (C=O) groups excluding carboxylic acids is 2. The van der Waals surface area contributed by atoms with Gasteiger partial charge < -0.3 is 10.6 Å². The number of piperidine rings is 1. The van der Waals surface area contributed by atoms with Gasteiger partial charge in [0.15, 0.2) is 0 Å². The zero-order valence-corrected chi connectivity index (χ0v) is 15.1. The monoisotopic (exact) mass is 349 g/mol. The van der Waals surface area contributed by atoms with Gasteiger partial charge in [-0.3, -0.25) is 14.5 Å². The molecule has 0 saturated carbocycles. The van der Waals surface area contributed by atoms with E-state index in [9.17, 15) is 14.0 Å². The summed E-state index contributed by atoms with van der Waals surface area (Å²) < 4.78 is 13.0. The van der Waals surface area contributed by atoms with Crippen molar-refractivity contribution in [1.82, 2.24) is 15.5 Å². The van der Waals surface area contributed by atoms with Gasteiger partial charge in [0.05, 0.1) is 12.6 Å². The first-order valence-corrected chi connectivity index (χ1v) is 9.04. The van der Waals surface area contributed by atoms with Crippen LogP contribution in [0, 0.1) is 11.7 Å². The van der Waals surface area contributed by atoms with Gasteiger partial charge in [-0.15, -0.1) is 0 Å². The van der Waals surface area contributed by atoms with E-state index >= 15 is 0 Å². The molecule has 0 bridgehead atoms. The molecule has 25 heavy (non-hydrogen) atoms. The number of benzene rings is 1. The summed E-state index contributed by atoms with van der Waals surface area (Å²) in [5, 5.41) is 5.88. The van der Waals surface area contributed by atoms with Crippen LogP contribution in [0.3, 0.4) is 0 Å². The van der Waals surface area contributed by atoms with Crippen molar-refractivity contribution in [3.63, 3.8) is 0 Å². The lowest BCUT2D eigenvalue weighted by Gasteiger charge is -2.31. The van der Waals surface area contributed by atoms with Crippen LogP contribution in [0.2, 0.25) is 0 Å². The van der Waals surface area contributed by atoms with Crippen molar-refractivity contribution in [2.24, 2.45) is 5.92 Å². The molecule has 1 fully saturated rings. The molecule has 1 heterocycles. The molecule has 6 heteroatoms. The number of likely N-dealkylation sites (tertiary alicyclic amines) is 1. The molecule has 1 aromatic rings. The highest BCUT2D eigenvalue weighted by Crippen LogP contribution is 2.17. The second-order valence-corrected chi connectivity index (χ2v) is 6.68. The molecule has 0 radical (unpaired) electrons. The third-order valence-corrected chi connectivity index (χ3v) is 4.62. The van der Waals surface area contributed by atoms with Crippen molar-refractivity contribution in [1.29, 1.82) is 0 Å². The van der Waals surface area contributed by atoms with Crippen LogP contribution in [-0.4, -0.2) is 42.9 Å². The smallest absolute Gasteiger partial charge is 0.234 e. The zero-order chi connectivity index (χ0) is 18.2. The molecule has 2 N–H and O–H groups in total. The minimum atomic E-state index is -0.284. The first-order chi connectivity index (χ1) is 12.0. The summed E-state index contributed by atoms with van der Waals surface area (Å²) in [6.45, 7) is 6.48. The first-order valence-electron chi connectivity index (χ1n) is 9.04. The third-order valence-electron chi connectivity index (χ3n) is 4.62. The van der Waals surface area contributed by atoms with Crippen molar-refractivity contribution in [3.05, 3.63) is 35.6 Å². The van der Waals surface area contributed by atoms with Crippen LogP contribution in [0.1, 0.15) is 44.7 Å². The van der Waals surface area contributed by atoms with Crippen LogP contribution in [0.15, 0.2) is 24.3 Å². The molecule has 2 amide bonds. The molecule has 5 nitrogen and oxygen atoms in total. The Hall–Kier alpha value is -1.95. The molecule has 1 saturated heterocycles. The first kappa shape index (κ1) is 19.4. The average Bonchev–Trinajstić information content (AvgIpc) is 2.60. The number of halogens is 1. The van der Waals surface area contributed by atoms with Gasteiger partial charge in [-0.25, -0.2) is 4.39 Å².